The molecule has 0 aliphatic carbocycles. The first-order chi connectivity index (χ1) is 14.3. The van der Waals surface area contributed by atoms with Gasteiger partial charge in [-0.1, -0.05) is 26.0 Å². The molecule has 0 bridgehead atoms. The number of thiazole rings is 1. The number of anilines is 1. The molecule has 2 amide bonds. The third-order valence-corrected chi connectivity index (χ3v) is 5.55. The van der Waals surface area contributed by atoms with Gasteiger partial charge in [-0.25, -0.2) is 9.37 Å². The number of hydrogen-bond acceptors (Lipinski definition) is 4. The minimum absolute atomic E-state index is 0.152. The van der Waals surface area contributed by atoms with Crippen LogP contribution >= 0.6 is 11.3 Å². The first kappa shape index (κ1) is 21.6. The fraction of sp³-hybridized carbons (Fsp3) is 0.261. The number of carbonyl (C=O) groups excluding carboxylic acids is 2. The third-order valence-electron chi connectivity index (χ3n) is 4.37. The number of aryl methyl sites for hydroxylation is 1. The fourth-order valence-corrected chi connectivity index (χ4v) is 4.12. The SMILES string of the molecule is Cc1nc(CC(C)C)sc1C(=O)NCc1cccc(NC(=O)c2ccc(F)cc2)c1. The van der Waals surface area contributed by atoms with Crippen LogP contribution in [0.25, 0.3) is 0 Å². The topological polar surface area (TPSA) is 71.1 Å². The van der Waals surface area contributed by atoms with Crippen molar-refractivity contribution in [3.8, 4) is 0 Å². The predicted molar refractivity (Wildman–Crippen MR) is 117 cm³/mol. The Morgan fingerprint density at radius 2 is 1.83 bits per heavy atom. The Kier molecular flexibility index (Phi) is 6.95. The molecule has 0 aliphatic rings. The molecule has 0 saturated carbocycles. The lowest BCUT2D eigenvalue weighted by Gasteiger charge is -2.09. The first-order valence-corrected chi connectivity index (χ1v) is 10.5. The highest BCUT2D eigenvalue weighted by atomic mass is 32.1. The molecule has 0 atom stereocenters. The van der Waals surface area contributed by atoms with Crippen molar-refractivity contribution in [3.63, 3.8) is 0 Å². The van der Waals surface area contributed by atoms with Crippen LogP contribution in [0.15, 0.2) is 48.5 Å². The van der Waals surface area contributed by atoms with E-state index in [0.717, 1.165) is 22.7 Å². The molecule has 5 nitrogen and oxygen atoms in total. The van der Waals surface area contributed by atoms with Crippen molar-refractivity contribution in [1.82, 2.24) is 10.3 Å². The van der Waals surface area contributed by atoms with Gasteiger partial charge < -0.3 is 10.6 Å². The van der Waals surface area contributed by atoms with Crippen LogP contribution in [0, 0.1) is 18.7 Å². The molecule has 3 aromatic rings. The summed E-state index contributed by atoms with van der Waals surface area (Å²) in [5, 5.41) is 6.67. The maximum atomic E-state index is 13.0. The molecule has 0 radical (unpaired) electrons. The second-order valence-corrected chi connectivity index (χ2v) is 8.55. The normalized spacial score (nSPS) is 10.8. The van der Waals surface area contributed by atoms with E-state index in [1.54, 1.807) is 18.2 Å². The summed E-state index contributed by atoms with van der Waals surface area (Å²) < 4.78 is 13.0. The van der Waals surface area contributed by atoms with Gasteiger partial charge in [-0.3, -0.25) is 9.59 Å². The Bertz CT molecular complexity index is 1040. The summed E-state index contributed by atoms with van der Waals surface area (Å²) in [7, 11) is 0. The molecule has 2 N–H and O–H groups in total. The average molecular weight is 426 g/mol. The molecule has 0 fully saturated rings. The van der Waals surface area contributed by atoms with Gasteiger partial charge in [0.25, 0.3) is 11.8 Å². The van der Waals surface area contributed by atoms with Crippen LogP contribution in [-0.2, 0) is 13.0 Å². The van der Waals surface area contributed by atoms with E-state index in [0.29, 0.717) is 28.6 Å². The Hall–Kier alpha value is -3.06. The molecular formula is C23H24FN3O2S. The summed E-state index contributed by atoms with van der Waals surface area (Å²) in [5.74, 6) is -0.383. The number of nitrogens with zero attached hydrogens (tertiary/aromatic N) is 1. The van der Waals surface area contributed by atoms with E-state index in [1.165, 1.54) is 35.6 Å². The minimum Gasteiger partial charge on any atom is -0.347 e. The molecule has 156 valence electrons. The molecule has 1 heterocycles. The lowest BCUT2D eigenvalue weighted by Crippen LogP contribution is -2.22. The van der Waals surface area contributed by atoms with Crippen molar-refractivity contribution in [1.29, 1.82) is 0 Å². The zero-order chi connectivity index (χ0) is 21.7. The smallest absolute Gasteiger partial charge is 0.263 e. The molecule has 0 unspecified atom stereocenters. The van der Waals surface area contributed by atoms with E-state index in [2.05, 4.69) is 29.5 Å². The Labute approximate surface area is 179 Å². The van der Waals surface area contributed by atoms with Crippen molar-refractivity contribution in [2.75, 3.05) is 5.32 Å². The average Bonchev–Trinajstić information content (AvgIpc) is 3.06. The molecular weight excluding hydrogens is 401 g/mol. The summed E-state index contributed by atoms with van der Waals surface area (Å²) in [4.78, 5) is 30.0. The monoisotopic (exact) mass is 425 g/mol. The molecule has 30 heavy (non-hydrogen) atoms. The number of amides is 2. The lowest BCUT2D eigenvalue weighted by molar-refractivity contribution is 0.0953. The van der Waals surface area contributed by atoms with Gasteiger partial charge >= 0.3 is 0 Å². The molecule has 3 rings (SSSR count). The summed E-state index contributed by atoms with van der Waals surface area (Å²) in [6.07, 6.45) is 0.856. The second-order valence-electron chi connectivity index (χ2n) is 7.46. The highest BCUT2D eigenvalue weighted by Gasteiger charge is 2.16. The van der Waals surface area contributed by atoms with E-state index < -0.39 is 5.82 Å². The van der Waals surface area contributed by atoms with E-state index in [4.69, 9.17) is 0 Å². The second kappa shape index (κ2) is 9.63. The van der Waals surface area contributed by atoms with Gasteiger partial charge in [0.1, 0.15) is 10.7 Å². The van der Waals surface area contributed by atoms with Crippen LogP contribution in [0.5, 0.6) is 0 Å². The zero-order valence-corrected chi connectivity index (χ0v) is 18.0. The van der Waals surface area contributed by atoms with Gasteiger partial charge in [-0.05, 0) is 54.8 Å². The van der Waals surface area contributed by atoms with Crippen molar-refractivity contribution < 1.29 is 14.0 Å². The van der Waals surface area contributed by atoms with E-state index >= 15 is 0 Å². The number of rotatable bonds is 7. The summed E-state index contributed by atoms with van der Waals surface area (Å²) in [5.41, 5.74) is 2.57. The van der Waals surface area contributed by atoms with E-state index in [1.807, 2.05) is 13.0 Å². The number of carbonyl (C=O) groups is 2. The van der Waals surface area contributed by atoms with Gasteiger partial charge in [0.05, 0.1) is 10.7 Å². The molecule has 7 heteroatoms. The van der Waals surface area contributed by atoms with Crippen LogP contribution in [0.3, 0.4) is 0 Å². The maximum Gasteiger partial charge on any atom is 0.263 e. The number of nitrogens with one attached hydrogen (secondary N) is 2. The number of hydrogen-bond donors (Lipinski definition) is 2. The first-order valence-electron chi connectivity index (χ1n) is 9.72. The van der Waals surface area contributed by atoms with Crippen molar-refractivity contribution >= 4 is 28.8 Å². The van der Waals surface area contributed by atoms with Gasteiger partial charge in [0, 0.05) is 24.2 Å². The minimum atomic E-state index is -0.392. The van der Waals surface area contributed by atoms with Gasteiger partial charge in [-0.2, -0.15) is 0 Å². The Morgan fingerprint density at radius 3 is 2.53 bits per heavy atom. The van der Waals surface area contributed by atoms with Crippen molar-refractivity contribution in [3.05, 3.63) is 81.1 Å². The molecule has 2 aromatic carbocycles. The highest BCUT2D eigenvalue weighted by molar-refractivity contribution is 7.13. The van der Waals surface area contributed by atoms with E-state index in [9.17, 15) is 14.0 Å². The highest BCUT2D eigenvalue weighted by Crippen LogP contribution is 2.21. The fourth-order valence-electron chi connectivity index (χ4n) is 2.93. The molecule has 1 aromatic heterocycles. The van der Waals surface area contributed by atoms with Crippen LogP contribution in [-0.4, -0.2) is 16.8 Å². The molecule has 0 saturated heterocycles. The Balaban J connectivity index is 1.61. The summed E-state index contributed by atoms with van der Waals surface area (Å²) in [6, 6.07) is 12.6. The predicted octanol–water partition coefficient (Wildman–Crippen LogP) is 4.97. The maximum absolute atomic E-state index is 13.0. The summed E-state index contributed by atoms with van der Waals surface area (Å²) >= 11 is 1.43. The number of aromatic nitrogens is 1. The number of halogens is 1. The quantitative estimate of drug-likeness (QED) is 0.561. The summed E-state index contributed by atoms with van der Waals surface area (Å²) in [6.45, 7) is 6.42. The third kappa shape index (κ3) is 5.73. The molecule has 0 aliphatic heterocycles. The Morgan fingerprint density at radius 1 is 1.10 bits per heavy atom. The standard InChI is InChI=1S/C23H24FN3O2S/c1-14(2)11-20-26-15(3)21(30-20)23(29)25-13-16-5-4-6-19(12-16)27-22(28)17-7-9-18(24)10-8-17/h4-10,12,14H,11,13H2,1-3H3,(H,25,29)(H,27,28). The van der Waals surface area contributed by atoms with Gasteiger partial charge in [0.2, 0.25) is 0 Å². The van der Waals surface area contributed by atoms with Crippen LogP contribution in [0.4, 0.5) is 10.1 Å². The van der Waals surface area contributed by atoms with Crippen LogP contribution in [0.1, 0.15) is 50.1 Å². The van der Waals surface area contributed by atoms with Crippen LogP contribution in [0.2, 0.25) is 0 Å². The van der Waals surface area contributed by atoms with Gasteiger partial charge in [0.15, 0.2) is 0 Å². The zero-order valence-electron chi connectivity index (χ0n) is 17.2. The number of benzene rings is 2. The van der Waals surface area contributed by atoms with E-state index in [-0.39, 0.29) is 11.8 Å². The largest absolute Gasteiger partial charge is 0.347 e. The lowest BCUT2D eigenvalue weighted by atomic mass is 10.1. The van der Waals surface area contributed by atoms with Crippen LogP contribution < -0.4 is 10.6 Å². The molecule has 0 spiro atoms. The van der Waals surface area contributed by atoms with Crippen molar-refractivity contribution in [2.24, 2.45) is 5.92 Å². The van der Waals surface area contributed by atoms with Gasteiger partial charge in [-0.15, -0.1) is 11.3 Å². The van der Waals surface area contributed by atoms with Crippen molar-refractivity contribution in [2.45, 2.75) is 33.7 Å².